The molecule has 0 bridgehead atoms. The van der Waals surface area contributed by atoms with E-state index in [2.05, 4.69) is 24.3 Å². The van der Waals surface area contributed by atoms with Crippen molar-refractivity contribution in [3.05, 3.63) is 71.8 Å². The van der Waals surface area contributed by atoms with E-state index in [1.165, 1.54) is 0 Å². The zero-order valence-corrected chi connectivity index (χ0v) is 17.3. The van der Waals surface area contributed by atoms with E-state index < -0.39 is 0 Å². The van der Waals surface area contributed by atoms with E-state index in [-0.39, 0.29) is 36.6 Å². The van der Waals surface area contributed by atoms with Gasteiger partial charge in [0.05, 0.1) is 25.4 Å². The smallest absolute Gasteiger partial charge is 0.115 e. The molecule has 2 aromatic rings. The molecule has 0 amide bonds. The number of benzene rings is 2. The summed E-state index contributed by atoms with van der Waals surface area (Å²) in [6, 6.07) is 20.4. The molecule has 2 aromatic carbocycles. The van der Waals surface area contributed by atoms with Crippen molar-refractivity contribution in [2.45, 2.75) is 49.5 Å². The number of nitrogens with two attached hydrogens (primary N) is 2. The first-order chi connectivity index (χ1) is 14.8. The summed E-state index contributed by atoms with van der Waals surface area (Å²) in [5, 5.41) is 0. The SMILES string of the molecule is NCCC(OC1COC2C(OC(CCN)c3ccccc3)COC12)c1ccccc1. The summed E-state index contributed by atoms with van der Waals surface area (Å²) < 4.78 is 25.1. The maximum absolute atomic E-state index is 6.43. The molecule has 4 rings (SSSR count). The highest BCUT2D eigenvalue weighted by molar-refractivity contribution is 5.19. The summed E-state index contributed by atoms with van der Waals surface area (Å²) in [5.41, 5.74) is 13.9. The lowest BCUT2D eigenvalue weighted by Gasteiger charge is -2.25. The fourth-order valence-corrected chi connectivity index (χ4v) is 4.35. The molecule has 4 N–H and O–H groups in total. The lowest BCUT2D eigenvalue weighted by Crippen LogP contribution is -2.35. The van der Waals surface area contributed by atoms with Crippen LogP contribution in [0.1, 0.15) is 36.2 Å². The maximum Gasteiger partial charge on any atom is 0.115 e. The highest BCUT2D eigenvalue weighted by Crippen LogP contribution is 2.36. The van der Waals surface area contributed by atoms with Crippen LogP contribution in [0.4, 0.5) is 0 Å². The zero-order chi connectivity index (χ0) is 20.8. The molecule has 30 heavy (non-hydrogen) atoms. The predicted molar refractivity (Wildman–Crippen MR) is 115 cm³/mol. The average molecular weight is 413 g/mol. The van der Waals surface area contributed by atoms with E-state index in [9.17, 15) is 0 Å². The highest BCUT2D eigenvalue weighted by Gasteiger charge is 2.50. The van der Waals surface area contributed by atoms with Crippen LogP contribution in [0.3, 0.4) is 0 Å². The van der Waals surface area contributed by atoms with Crippen LogP contribution in [0.25, 0.3) is 0 Å². The van der Waals surface area contributed by atoms with Crippen LogP contribution < -0.4 is 11.5 Å². The first-order valence-corrected chi connectivity index (χ1v) is 10.8. The Kier molecular flexibility index (Phi) is 7.49. The summed E-state index contributed by atoms with van der Waals surface area (Å²) in [4.78, 5) is 0. The first kappa shape index (κ1) is 21.4. The normalized spacial score (nSPS) is 27.7. The van der Waals surface area contributed by atoms with Crippen molar-refractivity contribution < 1.29 is 18.9 Å². The monoisotopic (exact) mass is 412 g/mol. The van der Waals surface area contributed by atoms with Gasteiger partial charge in [-0.05, 0) is 37.1 Å². The van der Waals surface area contributed by atoms with E-state index in [0.717, 1.165) is 24.0 Å². The Bertz CT molecular complexity index is 695. The molecule has 0 aromatic heterocycles. The minimum Gasteiger partial charge on any atom is -0.370 e. The number of hydrogen-bond acceptors (Lipinski definition) is 6. The lowest BCUT2D eigenvalue weighted by molar-refractivity contribution is -0.0898. The van der Waals surface area contributed by atoms with Gasteiger partial charge < -0.3 is 30.4 Å². The van der Waals surface area contributed by atoms with Crippen LogP contribution in [0.2, 0.25) is 0 Å². The second-order valence-corrected chi connectivity index (χ2v) is 7.90. The molecule has 0 saturated carbocycles. The highest BCUT2D eigenvalue weighted by atomic mass is 16.6. The lowest BCUT2D eigenvalue weighted by atomic mass is 10.0. The third kappa shape index (κ3) is 4.91. The third-order valence-corrected chi connectivity index (χ3v) is 5.84. The van der Waals surface area contributed by atoms with Crippen molar-refractivity contribution >= 4 is 0 Å². The quantitative estimate of drug-likeness (QED) is 0.624. The molecule has 0 radical (unpaired) electrons. The Morgan fingerprint density at radius 3 is 1.47 bits per heavy atom. The van der Waals surface area contributed by atoms with Crippen molar-refractivity contribution in [1.82, 2.24) is 0 Å². The first-order valence-electron chi connectivity index (χ1n) is 10.8. The second-order valence-electron chi connectivity index (χ2n) is 7.90. The topological polar surface area (TPSA) is 89.0 Å². The number of hydrogen-bond donors (Lipinski definition) is 2. The van der Waals surface area contributed by atoms with Crippen molar-refractivity contribution in [2.75, 3.05) is 26.3 Å². The number of fused-ring (bicyclic) bond motifs is 1. The number of ether oxygens (including phenoxy) is 4. The zero-order valence-electron chi connectivity index (χ0n) is 17.3. The van der Waals surface area contributed by atoms with Gasteiger partial charge in [-0.3, -0.25) is 0 Å². The molecule has 162 valence electrons. The summed E-state index contributed by atoms with van der Waals surface area (Å²) in [6.07, 6.45) is 0.842. The van der Waals surface area contributed by atoms with Crippen molar-refractivity contribution in [3.63, 3.8) is 0 Å². The van der Waals surface area contributed by atoms with Crippen molar-refractivity contribution in [1.29, 1.82) is 0 Å². The van der Waals surface area contributed by atoms with E-state index in [1.807, 2.05) is 36.4 Å². The fraction of sp³-hybridized carbons (Fsp3) is 0.500. The van der Waals surface area contributed by atoms with Crippen LogP contribution >= 0.6 is 0 Å². The molecule has 6 nitrogen and oxygen atoms in total. The van der Waals surface area contributed by atoms with Crippen molar-refractivity contribution in [3.8, 4) is 0 Å². The van der Waals surface area contributed by atoms with Gasteiger partial charge in [-0.2, -0.15) is 0 Å². The van der Waals surface area contributed by atoms with Crippen LogP contribution in [0, 0.1) is 0 Å². The predicted octanol–water partition coefficient (Wildman–Crippen LogP) is 2.73. The van der Waals surface area contributed by atoms with Gasteiger partial charge in [0.1, 0.15) is 24.4 Å². The molecule has 2 aliphatic heterocycles. The largest absolute Gasteiger partial charge is 0.370 e. The van der Waals surface area contributed by atoms with E-state index in [1.54, 1.807) is 0 Å². The van der Waals surface area contributed by atoms with E-state index in [0.29, 0.717) is 26.3 Å². The molecule has 6 heteroatoms. The van der Waals surface area contributed by atoms with Crippen LogP contribution in [-0.2, 0) is 18.9 Å². The van der Waals surface area contributed by atoms with Gasteiger partial charge in [0, 0.05) is 0 Å². The van der Waals surface area contributed by atoms with Gasteiger partial charge >= 0.3 is 0 Å². The molecule has 0 aliphatic carbocycles. The molecular formula is C24H32N2O4. The Morgan fingerprint density at radius 1 is 0.700 bits per heavy atom. The standard InChI is InChI=1S/C24H32N2O4/c25-13-11-19(17-7-3-1-4-8-17)29-21-15-27-24-22(16-28-23(21)24)30-20(12-14-26)18-9-5-2-6-10-18/h1-10,19-24H,11-16,25-26H2. The molecule has 6 atom stereocenters. The molecule has 0 spiro atoms. The van der Waals surface area contributed by atoms with Gasteiger partial charge in [0.25, 0.3) is 0 Å². The van der Waals surface area contributed by atoms with Crippen LogP contribution in [0.5, 0.6) is 0 Å². The van der Waals surface area contributed by atoms with Gasteiger partial charge in [-0.1, -0.05) is 60.7 Å². The minimum atomic E-state index is -0.134. The fourth-order valence-electron chi connectivity index (χ4n) is 4.35. The Morgan fingerprint density at radius 2 is 1.10 bits per heavy atom. The van der Waals surface area contributed by atoms with Gasteiger partial charge in [-0.15, -0.1) is 0 Å². The molecule has 2 heterocycles. The summed E-state index contributed by atoms with van der Waals surface area (Å²) in [6.45, 7) is 2.11. The Labute approximate surface area is 178 Å². The summed E-state index contributed by atoms with van der Waals surface area (Å²) in [5.74, 6) is 0. The van der Waals surface area contributed by atoms with E-state index >= 15 is 0 Å². The van der Waals surface area contributed by atoms with Gasteiger partial charge in [0.2, 0.25) is 0 Å². The summed E-state index contributed by atoms with van der Waals surface area (Å²) >= 11 is 0. The molecule has 6 unspecified atom stereocenters. The van der Waals surface area contributed by atoms with E-state index in [4.69, 9.17) is 30.4 Å². The molecule has 2 fully saturated rings. The third-order valence-electron chi connectivity index (χ3n) is 5.84. The molecular weight excluding hydrogens is 380 g/mol. The Balaban J connectivity index is 1.40. The second kappa shape index (κ2) is 10.5. The van der Waals surface area contributed by atoms with Gasteiger partial charge in [-0.25, -0.2) is 0 Å². The number of rotatable bonds is 10. The summed E-state index contributed by atoms with van der Waals surface area (Å²) in [7, 11) is 0. The minimum absolute atomic E-state index is 0.0681. The van der Waals surface area contributed by atoms with Gasteiger partial charge in [0.15, 0.2) is 0 Å². The van der Waals surface area contributed by atoms with Crippen molar-refractivity contribution in [2.24, 2.45) is 11.5 Å². The maximum atomic E-state index is 6.43. The Hall–Kier alpha value is -1.80. The van der Waals surface area contributed by atoms with Crippen LogP contribution in [0.15, 0.2) is 60.7 Å². The molecule has 2 aliphatic rings. The van der Waals surface area contributed by atoms with Crippen LogP contribution in [-0.4, -0.2) is 50.7 Å². The molecule has 2 saturated heterocycles. The average Bonchev–Trinajstić information content (AvgIpc) is 3.37.